The van der Waals surface area contributed by atoms with Crippen molar-refractivity contribution in [3.05, 3.63) is 64.7 Å². The molecule has 2 aromatic carbocycles. The van der Waals surface area contributed by atoms with Crippen LogP contribution in [0.15, 0.2) is 48.5 Å². The fourth-order valence-electron chi connectivity index (χ4n) is 2.15. The van der Waals surface area contributed by atoms with Gasteiger partial charge in [-0.05, 0) is 30.2 Å². The normalized spacial score (nSPS) is 12.2. The summed E-state index contributed by atoms with van der Waals surface area (Å²) in [5.74, 6) is 0. The number of hydrogen-bond donors (Lipinski definition) is 2. The third-order valence-corrected chi connectivity index (χ3v) is 3.60. The zero-order chi connectivity index (χ0) is 14.4. The van der Waals surface area contributed by atoms with E-state index in [1.54, 1.807) is 6.07 Å². The molecule has 1 atom stereocenters. The Morgan fingerprint density at radius 2 is 1.80 bits per heavy atom. The Labute approximate surface area is 125 Å². The van der Waals surface area contributed by atoms with Gasteiger partial charge in [-0.2, -0.15) is 0 Å². The van der Waals surface area contributed by atoms with Crippen LogP contribution in [-0.2, 0) is 6.42 Å². The monoisotopic (exact) mass is 289 g/mol. The van der Waals surface area contributed by atoms with Crippen LogP contribution in [0, 0.1) is 0 Å². The van der Waals surface area contributed by atoms with Crippen LogP contribution in [0.3, 0.4) is 0 Å². The highest BCUT2D eigenvalue weighted by Crippen LogP contribution is 2.23. The first kappa shape index (κ1) is 14.9. The molecule has 0 heterocycles. The van der Waals surface area contributed by atoms with Crippen LogP contribution in [0.2, 0.25) is 5.02 Å². The fourth-order valence-corrected chi connectivity index (χ4v) is 2.41. The first-order chi connectivity index (χ1) is 9.70. The van der Waals surface area contributed by atoms with Crippen LogP contribution in [-0.4, -0.2) is 11.7 Å². The number of aryl methyl sites for hydroxylation is 1. The smallest absolute Gasteiger partial charge is 0.0976 e. The van der Waals surface area contributed by atoms with Crippen LogP contribution in [0.1, 0.15) is 30.6 Å². The van der Waals surface area contributed by atoms with Crippen molar-refractivity contribution in [1.82, 2.24) is 0 Å². The van der Waals surface area contributed by atoms with Gasteiger partial charge < -0.3 is 10.4 Å². The quantitative estimate of drug-likeness (QED) is 0.824. The largest absolute Gasteiger partial charge is 0.387 e. The van der Waals surface area contributed by atoms with Crippen molar-refractivity contribution in [3.8, 4) is 0 Å². The molecule has 0 radical (unpaired) electrons. The van der Waals surface area contributed by atoms with Crippen LogP contribution in [0.25, 0.3) is 0 Å². The molecule has 0 aliphatic heterocycles. The summed E-state index contributed by atoms with van der Waals surface area (Å²) in [4.78, 5) is 0. The number of rotatable bonds is 6. The molecule has 0 amide bonds. The maximum absolute atomic E-state index is 10.2. The van der Waals surface area contributed by atoms with Gasteiger partial charge in [0.15, 0.2) is 0 Å². The summed E-state index contributed by atoms with van der Waals surface area (Å²) in [5, 5.41) is 14.0. The minimum absolute atomic E-state index is 0.441. The zero-order valence-electron chi connectivity index (χ0n) is 11.6. The molecule has 2 nitrogen and oxygen atoms in total. The van der Waals surface area contributed by atoms with Gasteiger partial charge in [-0.3, -0.25) is 0 Å². The molecule has 0 saturated carbocycles. The number of nitrogens with one attached hydrogen (secondary N) is 1. The summed E-state index contributed by atoms with van der Waals surface area (Å²) in [6, 6.07) is 15.7. The van der Waals surface area contributed by atoms with E-state index in [4.69, 9.17) is 11.6 Å². The average Bonchev–Trinajstić information content (AvgIpc) is 2.47. The number of benzene rings is 2. The first-order valence-electron chi connectivity index (χ1n) is 6.96. The molecule has 106 valence electrons. The van der Waals surface area contributed by atoms with Gasteiger partial charge in [0.1, 0.15) is 0 Å². The summed E-state index contributed by atoms with van der Waals surface area (Å²) in [5.41, 5.74) is 3.10. The summed E-state index contributed by atoms with van der Waals surface area (Å²) in [6.45, 7) is 2.61. The average molecular weight is 290 g/mol. The number of anilines is 1. The summed E-state index contributed by atoms with van der Waals surface area (Å²) < 4.78 is 0. The van der Waals surface area contributed by atoms with Crippen LogP contribution < -0.4 is 5.32 Å². The second-order valence-electron chi connectivity index (χ2n) is 4.87. The van der Waals surface area contributed by atoms with E-state index in [1.165, 1.54) is 5.56 Å². The fraction of sp³-hybridized carbons (Fsp3) is 0.294. The van der Waals surface area contributed by atoms with Gasteiger partial charge in [0.05, 0.1) is 6.10 Å². The maximum Gasteiger partial charge on any atom is 0.0976 e. The molecule has 0 aliphatic rings. The Kier molecular flexibility index (Phi) is 5.45. The van der Waals surface area contributed by atoms with Gasteiger partial charge in [-0.25, -0.2) is 0 Å². The van der Waals surface area contributed by atoms with E-state index < -0.39 is 6.10 Å². The molecule has 0 saturated heterocycles. The molecule has 0 aliphatic carbocycles. The number of halogens is 1. The molecule has 0 fully saturated rings. The van der Waals surface area contributed by atoms with Crippen molar-refractivity contribution in [2.75, 3.05) is 11.9 Å². The lowest BCUT2D eigenvalue weighted by atomic mass is 10.1. The summed E-state index contributed by atoms with van der Waals surface area (Å²) in [7, 11) is 0. The van der Waals surface area contributed by atoms with Gasteiger partial charge in [0.25, 0.3) is 0 Å². The maximum atomic E-state index is 10.2. The lowest BCUT2D eigenvalue weighted by molar-refractivity contribution is 0.192. The highest BCUT2D eigenvalue weighted by atomic mass is 35.5. The topological polar surface area (TPSA) is 32.3 Å². The van der Waals surface area contributed by atoms with Gasteiger partial charge in [0.2, 0.25) is 0 Å². The van der Waals surface area contributed by atoms with E-state index >= 15 is 0 Å². The molecular weight excluding hydrogens is 270 g/mol. The molecule has 0 aromatic heterocycles. The van der Waals surface area contributed by atoms with E-state index in [9.17, 15) is 5.11 Å². The molecule has 0 bridgehead atoms. The molecule has 1 unspecified atom stereocenters. The van der Waals surface area contributed by atoms with Gasteiger partial charge in [-0.15, -0.1) is 0 Å². The minimum atomic E-state index is -0.612. The Morgan fingerprint density at radius 1 is 1.10 bits per heavy atom. The first-order valence-corrected chi connectivity index (χ1v) is 7.34. The number of aliphatic hydroxyl groups excluding tert-OH is 1. The molecule has 3 heteroatoms. The molecule has 2 N–H and O–H groups in total. The molecule has 2 aromatic rings. The van der Waals surface area contributed by atoms with E-state index in [1.807, 2.05) is 30.3 Å². The van der Waals surface area contributed by atoms with Crippen LogP contribution in [0.5, 0.6) is 0 Å². The van der Waals surface area contributed by atoms with Crippen LogP contribution >= 0.6 is 11.6 Å². The van der Waals surface area contributed by atoms with Gasteiger partial charge >= 0.3 is 0 Å². The standard InChI is InChI=1S/C17H20ClNO/c1-2-5-13-8-10-14(11-9-13)19-12-17(20)15-6-3-4-7-16(15)18/h3-4,6-11,17,19-20H,2,5,12H2,1H3. The zero-order valence-corrected chi connectivity index (χ0v) is 12.4. The third kappa shape index (κ3) is 3.99. The lowest BCUT2D eigenvalue weighted by Gasteiger charge is -2.14. The highest BCUT2D eigenvalue weighted by Gasteiger charge is 2.10. The van der Waals surface area contributed by atoms with Crippen molar-refractivity contribution in [2.24, 2.45) is 0 Å². The van der Waals surface area contributed by atoms with Crippen molar-refractivity contribution >= 4 is 17.3 Å². The van der Waals surface area contributed by atoms with E-state index in [0.29, 0.717) is 11.6 Å². The second kappa shape index (κ2) is 7.32. The SMILES string of the molecule is CCCc1ccc(NCC(O)c2ccccc2Cl)cc1. The Hall–Kier alpha value is -1.51. The Morgan fingerprint density at radius 3 is 2.45 bits per heavy atom. The predicted octanol–water partition coefficient (Wildman–Crippen LogP) is 4.44. The van der Waals surface area contributed by atoms with E-state index in [0.717, 1.165) is 24.1 Å². The second-order valence-corrected chi connectivity index (χ2v) is 5.27. The lowest BCUT2D eigenvalue weighted by Crippen LogP contribution is -2.12. The van der Waals surface area contributed by atoms with E-state index in [2.05, 4.69) is 24.4 Å². The third-order valence-electron chi connectivity index (χ3n) is 3.26. The Bertz CT molecular complexity index is 539. The Balaban J connectivity index is 1.93. The van der Waals surface area contributed by atoms with Gasteiger partial charge in [0, 0.05) is 22.8 Å². The molecule has 2 rings (SSSR count). The number of hydrogen-bond acceptors (Lipinski definition) is 2. The van der Waals surface area contributed by atoms with Gasteiger partial charge in [-0.1, -0.05) is 55.3 Å². The highest BCUT2D eigenvalue weighted by molar-refractivity contribution is 6.31. The van der Waals surface area contributed by atoms with Crippen molar-refractivity contribution in [3.63, 3.8) is 0 Å². The predicted molar refractivity (Wildman–Crippen MR) is 85.3 cm³/mol. The molecule has 20 heavy (non-hydrogen) atoms. The number of aliphatic hydroxyl groups is 1. The summed E-state index contributed by atoms with van der Waals surface area (Å²) >= 11 is 6.07. The molecule has 0 spiro atoms. The molecular formula is C17H20ClNO. The van der Waals surface area contributed by atoms with Crippen molar-refractivity contribution in [2.45, 2.75) is 25.9 Å². The van der Waals surface area contributed by atoms with Crippen molar-refractivity contribution in [1.29, 1.82) is 0 Å². The minimum Gasteiger partial charge on any atom is -0.387 e. The summed E-state index contributed by atoms with van der Waals surface area (Å²) in [6.07, 6.45) is 1.64. The van der Waals surface area contributed by atoms with Crippen LogP contribution in [0.4, 0.5) is 5.69 Å². The van der Waals surface area contributed by atoms with Crippen molar-refractivity contribution < 1.29 is 5.11 Å². The van der Waals surface area contributed by atoms with E-state index in [-0.39, 0.29) is 0 Å².